The molecular weight excluding hydrogens is 564 g/mol. The summed E-state index contributed by atoms with van der Waals surface area (Å²) >= 11 is 0. The molecule has 6 bridgehead atoms. The number of amides is 3. The number of nitrogens with zero attached hydrogens (tertiary/aromatic N) is 4. The standard InChI is InChI=1S/C32H32N6O6/c1-3-38-27(9-10-35-38)32(41)37-17-26-29(18-37)44-25-8-7-21(28(13-25)42-2)16-34-30(39)19-43-24-6-4-5-20(12-24)22-11-23(15-33-14-22)31(40)36-26/h4-15,26,29H,3,16-19H2,1-2H3,(H,34,39)(H,36,40)/t26-,29-/m0/s1. The molecule has 12 nitrogen and oxygen atoms in total. The number of pyridine rings is 1. The Hall–Kier alpha value is -5.39. The van der Waals surface area contributed by atoms with E-state index in [1.807, 2.05) is 19.1 Å². The smallest absolute Gasteiger partial charge is 0.272 e. The third-order valence-electron chi connectivity index (χ3n) is 7.66. The van der Waals surface area contributed by atoms with Gasteiger partial charge in [0.1, 0.15) is 29.0 Å². The van der Waals surface area contributed by atoms with Gasteiger partial charge in [0.25, 0.3) is 17.7 Å². The van der Waals surface area contributed by atoms with Crippen LogP contribution in [0.15, 0.2) is 73.2 Å². The predicted octanol–water partition coefficient (Wildman–Crippen LogP) is 2.68. The predicted molar refractivity (Wildman–Crippen MR) is 159 cm³/mol. The Morgan fingerprint density at radius 2 is 1.89 bits per heavy atom. The number of rotatable bonds is 3. The molecule has 0 radical (unpaired) electrons. The largest absolute Gasteiger partial charge is 0.496 e. The topological polar surface area (TPSA) is 137 Å². The second-order valence-corrected chi connectivity index (χ2v) is 10.5. The van der Waals surface area contributed by atoms with Crippen molar-refractivity contribution in [2.45, 2.75) is 32.2 Å². The molecule has 7 rings (SSSR count). The third kappa shape index (κ3) is 6.05. The van der Waals surface area contributed by atoms with Gasteiger partial charge in [-0.2, -0.15) is 5.10 Å². The normalized spacial score (nSPS) is 18.4. The van der Waals surface area contributed by atoms with Crippen molar-refractivity contribution in [2.75, 3.05) is 26.8 Å². The molecular formula is C32H32N6O6. The Morgan fingerprint density at radius 3 is 2.73 bits per heavy atom. The first kappa shape index (κ1) is 28.7. The number of hydrogen-bond acceptors (Lipinski definition) is 8. The van der Waals surface area contributed by atoms with Crippen LogP contribution in [-0.2, 0) is 17.9 Å². The molecule has 12 heteroatoms. The van der Waals surface area contributed by atoms with E-state index in [9.17, 15) is 14.4 Å². The molecule has 0 spiro atoms. The number of benzene rings is 2. The first-order chi connectivity index (χ1) is 21.4. The van der Waals surface area contributed by atoms with Gasteiger partial charge in [0.2, 0.25) is 0 Å². The van der Waals surface area contributed by atoms with Gasteiger partial charge in [-0.05, 0) is 48.9 Å². The first-order valence-corrected chi connectivity index (χ1v) is 14.3. The van der Waals surface area contributed by atoms with Gasteiger partial charge in [-0.3, -0.25) is 24.0 Å². The number of hydrogen-bond donors (Lipinski definition) is 2. The van der Waals surface area contributed by atoms with Crippen molar-refractivity contribution in [1.29, 1.82) is 0 Å². The van der Waals surface area contributed by atoms with E-state index in [0.717, 1.165) is 11.1 Å². The minimum Gasteiger partial charge on any atom is -0.496 e. The molecule has 1 fully saturated rings. The monoisotopic (exact) mass is 596 g/mol. The van der Waals surface area contributed by atoms with Crippen LogP contribution in [0.4, 0.5) is 0 Å². The van der Waals surface area contributed by atoms with Crippen LogP contribution >= 0.6 is 0 Å². The fraction of sp³-hybridized carbons (Fsp3) is 0.281. The number of methoxy groups -OCH3 is 1. The maximum atomic E-state index is 13.6. The Morgan fingerprint density at radius 1 is 1.02 bits per heavy atom. The third-order valence-corrected chi connectivity index (χ3v) is 7.66. The summed E-state index contributed by atoms with van der Waals surface area (Å²) in [7, 11) is 1.54. The number of aromatic nitrogens is 3. The summed E-state index contributed by atoms with van der Waals surface area (Å²) in [4.78, 5) is 45.6. The molecule has 3 aliphatic heterocycles. The minimum absolute atomic E-state index is 0.176. The molecule has 0 unspecified atom stereocenters. The molecule has 1 saturated heterocycles. The van der Waals surface area contributed by atoms with Crippen LogP contribution in [0.2, 0.25) is 0 Å². The number of ether oxygens (including phenoxy) is 3. The number of carbonyl (C=O) groups excluding carboxylic acids is 3. The number of aryl methyl sites for hydroxylation is 1. The molecule has 2 aromatic carbocycles. The first-order valence-electron chi connectivity index (χ1n) is 14.3. The number of fused-ring (bicyclic) bond motifs is 7. The quantitative estimate of drug-likeness (QED) is 0.369. The number of nitrogens with one attached hydrogen (secondary N) is 2. The molecule has 0 aliphatic carbocycles. The Kier molecular flexibility index (Phi) is 8.13. The van der Waals surface area contributed by atoms with Crippen molar-refractivity contribution >= 4 is 17.7 Å². The zero-order valence-electron chi connectivity index (χ0n) is 24.4. The molecule has 2 atom stereocenters. The van der Waals surface area contributed by atoms with Crippen LogP contribution in [0.1, 0.15) is 33.3 Å². The van der Waals surface area contributed by atoms with E-state index in [2.05, 4.69) is 20.7 Å². The fourth-order valence-corrected chi connectivity index (χ4v) is 5.38. The summed E-state index contributed by atoms with van der Waals surface area (Å²) in [6, 6.07) is 15.4. The second kappa shape index (κ2) is 12.5. The van der Waals surface area contributed by atoms with Gasteiger partial charge in [-0.15, -0.1) is 0 Å². The van der Waals surface area contributed by atoms with Gasteiger partial charge < -0.3 is 29.7 Å². The lowest BCUT2D eigenvalue weighted by Gasteiger charge is -2.22. The summed E-state index contributed by atoms with van der Waals surface area (Å²) < 4.78 is 19.4. The van der Waals surface area contributed by atoms with E-state index in [0.29, 0.717) is 40.6 Å². The lowest BCUT2D eigenvalue weighted by molar-refractivity contribution is -0.123. The van der Waals surface area contributed by atoms with E-state index in [1.165, 1.54) is 13.3 Å². The zero-order valence-corrected chi connectivity index (χ0v) is 24.4. The zero-order chi connectivity index (χ0) is 30.6. The van der Waals surface area contributed by atoms with Crippen LogP contribution in [0, 0.1) is 0 Å². The molecule has 3 aliphatic rings. The Labute approximate surface area is 253 Å². The average Bonchev–Trinajstić information content (AvgIpc) is 3.69. The van der Waals surface area contributed by atoms with E-state index in [-0.39, 0.29) is 44.0 Å². The van der Waals surface area contributed by atoms with Crippen molar-refractivity contribution in [1.82, 2.24) is 30.3 Å². The SMILES string of the molecule is CCn1nccc1C(=O)N1C[C@@H]2NC(=O)c3cncc(c3)-c3cccc(c3)OCC(=O)NCc3ccc(cc3OC)O[C@H]2C1. The Balaban J connectivity index is 1.34. The van der Waals surface area contributed by atoms with Gasteiger partial charge in [0.15, 0.2) is 6.61 Å². The molecule has 44 heavy (non-hydrogen) atoms. The highest BCUT2D eigenvalue weighted by atomic mass is 16.5. The lowest BCUT2D eigenvalue weighted by atomic mass is 10.1. The molecule has 3 amide bonds. The molecule has 4 aromatic rings. The van der Waals surface area contributed by atoms with Crippen molar-refractivity contribution in [3.63, 3.8) is 0 Å². The summed E-state index contributed by atoms with van der Waals surface area (Å²) in [5.41, 5.74) is 3.04. The van der Waals surface area contributed by atoms with Crippen LogP contribution < -0.4 is 24.8 Å². The van der Waals surface area contributed by atoms with Crippen LogP contribution in [0.5, 0.6) is 17.2 Å². The fourth-order valence-electron chi connectivity index (χ4n) is 5.38. The summed E-state index contributed by atoms with van der Waals surface area (Å²) in [6.45, 7) is 2.99. The highest BCUT2D eigenvalue weighted by Crippen LogP contribution is 2.28. The summed E-state index contributed by atoms with van der Waals surface area (Å²) in [5, 5.41) is 10.2. The van der Waals surface area contributed by atoms with Crippen LogP contribution in [0.3, 0.4) is 0 Å². The van der Waals surface area contributed by atoms with Gasteiger partial charge in [0.05, 0.1) is 25.3 Å². The highest BCUT2D eigenvalue weighted by Gasteiger charge is 2.39. The van der Waals surface area contributed by atoms with Gasteiger partial charge in [-0.1, -0.05) is 12.1 Å². The lowest BCUT2D eigenvalue weighted by Crippen LogP contribution is -2.45. The Bertz CT molecular complexity index is 1700. The van der Waals surface area contributed by atoms with E-state index in [1.54, 1.807) is 64.4 Å². The van der Waals surface area contributed by atoms with Crippen molar-refractivity contribution in [3.05, 3.63) is 90.0 Å². The summed E-state index contributed by atoms with van der Waals surface area (Å²) in [6.07, 6.45) is 4.18. The van der Waals surface area contributed by atoms with Crippen molar-refractivity contribution < 1.29 is 28.6 Å². The molecule has 5 heterocycles. The second-order valence-electron chi connectivity index (χ2n) is 10.5. The van der Waals surface area contributed by atoms with Crippen molar-refractivity contribution in [3.8, 4) is 28.4 Å². The van der Waals surface area contributed by atoms with E-state index < -0.39 is 12.1 Å². The maximum absolute atomic E-state index is 13.6. The van der Waals surface area contributed by atoms with Crippen LogP contribution in [-0.4, -0.2) is 76.3 Å². The molecule has 0 saturated carbocycles. The molecule has 2 N–H and O–H groups in total. The van der Waals surface area contributed by atoms with E-state index >= 15 is 0 Å². The van der Waals surface area contributed by atoms with Gasteiger partial charge in [-0.25, -0.2) is 0 Å². The van der Waals surface area contributed by atoms with Crippen LogP contribution in [0.25, 0.3) is 11.1 Å². The summed E-state index contributed by atoms with van der Waals surface area (Å²) in [5.74, 6) is 0.674. The maximum Gasteiger partial charge on any atom is 0.272 e. The molecule has 226 valence electrons. The average molecular weight is 597 g/mol. The molecule has 2 aromatic heterocycles. The number of likely N-dealkylation sites (tertiary alicyclic amines) is 1. The van der Waals surface area contributed by atoms with Crippen molar-refractivity contribution in [2.24, 2.45) is 0 Å². The highest BCUT2D eigenvalue weighted by molar-refractivity contribution is 5.96. The van der Waals surface area contributed by atoms with Gasteiger partial charge in [0, 0.05) is 55.4 Å². The number of carbonyl (C=O) groups is 3. The van der Waals surface area contributed by atoms with Gasteiger partial charge >= 0.3 is 0 Å². The van der Waals surface area contributed by atoms with E-state index in [4.69, 9.17) is 14.2 Å². The minimum atomic E-state index is -0.563.